The number of aldehydes is 1. The summed E-state index contributed by atoms with van der Waals surface area (Å²) in [4.78, 5) is 42.7. The number of carbonyl (C=O) groups is 3. The lowest BCUT2D eigenvalue weighted by atomic mass is 9.82. The summed E-state index contributed by atoms with van der Waals surface area (Å²) in [5.41, 5.74) is -1.49. The number of methoxy groups -OCH3 is 1. The Morgan fingerprint density at radius 2 is 1.60 bits per heavy atom. The molecule has 0 unspecified atom stereocenters. The molecule has 3 N–H and O–H groups in total. The summed E-state index contributed by atoms with van der Waals surface area (Å²) in [5, 5.41) is 33.6. The Bertz CT molecular complexity index is 1480. The summed E-state index contributed by atoms with van der Waals surface area (Å²) in [5.74, 6) is -2.21. The van der Waals surface area contributed by atoms with Crippen LogP contribution in [-0.2, 0) is 57.0 Å². The maximum atomic E-state index is 13.4. The van der Waals surface area contributed by atoms with E-state index < -0.39 is 109 Å². The molecule has 0 saturated carbocycles. The number of esters is 2. The first-order valence-electron chi connectivity index (χ1n) is 22.2. The zero-order chi connectivity index (χ0) is 46.1. The van der Waals surface area contributed by atoms with Crippen LogP contribution in [0.2, 0.25) is 0 Å². The second kappa shape index (κ2) is 23.7. The molecule has 0 aromatic heterocycles. The summed E-state index contributed by atoms with van der Waals surface area (Å²) >= 11 is 0. The van der Waals surface area contributed by atoms with E-state index in [9.17, 15) is 29.7 Å². The fourth-order valence-electron chi connectivity index (χ4n) is 9.40. The molecule has 0 amide bonds. The van der Waals surface area contributed by atoms with E-state index in [1.807, 2.05) is 52.2 Å². The Morgan fingerprint density at radius 1 is 0.903 bits per heavy atom. The fourth-order valence-corrected chi connectivity index (χ4v) is 9.40. The van der Waals surface area contributed by atoms with Gasteiger partial charge in [-0.1, -0.05) is 31.2 Å². The van der Waals surface area contributed by atoms with Gasteiger partial charge in [-0.15, -0.1) is 0 Å². The van der Waals surface area contributed by atoms with Gasteiger partial charge in [0.15, 0.2) is 18.9 Å². The van der Waals surface area contributed by atoms with E-state index in [1.165, 1.54) is 21.0 Å². The maximum Gasteiger partial charge on any atom is 0.309 e. The van der Waals surface area contributed by atoms with Crippen LogP contribution in [0.5, 0.6) is 0 Å². The van der Waals surface area contributed by atoms with Gasteiger partial charge in [-0.05, 0) is 93.9 Å². The van der Waals surface area contributed by atoms with Crippen LogP contribution in [0, 0.1) is 11.8 Å². The van der Waals surface area contributed by atoms with Crippen LogP contribution in [-0.4, -0.2) is 182 Å². The first-order chi connectivity index (χ1) is 29.2. The van der Waals surface area contributed by atoms with Gasteiger partial charge >= 0.3 is 11.9 Å². The summed E-state index contributed by atoms with van der Waals surface area (Å²) in [6, 6.07) is -0.509. The molecule has 0 aliphatic carbocycles. The number of likely N-dealkylation sites (N-methyl/N-ethyl adjacent to an activating group) is 2. The van der Waals surface area contributed by atoms with Gasteiger partial charge in [0, 0.05) is 39.3 Å². The van der Waals surface area contributed by atoms with Crippen molar-refractivity contribution in [1.29, 1.82) is 0 Å². The van der Waals surface area contributed by atoms with Crippen molar-refractivity contribution in [3.8, 4) is 0 Å². The first-order valence-corrected chi connectivity index (χ1v) is 22.2. The fraction of sp³-hybridized carbons (Fsp3) is 0.844. The molecule has 0 aromatic carbocycles. The Hall–Kier alpha value is -2.39. The van der Waals surface area contributed by atoms with Crippen LogP contribution in [0.25, 0.3) is 0 Å². The Balaban J connectivity index is 1.73. The quantitative estimate of drug-likeness (QED) is 0.191. The predicted octanol–water partition coefficient (Wildman–Crippen LogP) is 2.90. The highest BCUT2D eigenvalue weighted by molar-refractivity contribution is 5.72. The predicted molar refractivity (Wildman–Crippen MR) is 226 cm³/mol. The molecule has 0 radical (unpaired) electrons. The van der Waals surface area contributed by atoms with E-state index in [0.717, 1.165) is 12.7 Å². The molecule has 3 saturated heterocycles. The highest BCUT2D eigenvalue weighted by Crippen LogP contribution is 2.38. The number of ether oxygens (including phenoxy) is 9. The van der Waals surface area contributed by atoms with E-state index in [2.05, 4.69) is 4.90 Å². The van der Waals surface area contributed by atoms with Crippen molar-refractivity contribution in [2.75, 3.05) is 35.3 Å². The van der Waals surface area contributed by atoms with Crippen LogP contribution in [0.1, 0.15) is 93.4 Å². The topological polar surface area (TPSA) is 201 Å². The minimum atomic E-state index is -1.49. The number of carbonyl (C=O) groups excluding carboxylic acids is 3. The van der Waals surface area contributed by atoms with E-state index >= 15 is 0 Å². The molecule has 17 heteroatoms. The number of rotatable bonds is 12. The molecule has 4 rings (SSSR count). The van der Waals surface area contributed by atoms with Gasteiger partial charge in [0.25, 0.3) is 0 Å². The average molecular weight is 885 g/mol. The Morgan fingerprint density at radius 3 is 2.19 bits per heavy atom. The first kappa shape index (κ1) is 52.2. The van der Waals surface area contributed by atoms with Gasteiger partial charge < -0.3 is 72.5 Å². The van der Waals surface area contributed by atoms with Crippen molar-refractivity contribution in [3.63, 3.8) is 0 Å². The standard InChI is InChI=1S/C45H76N2O15/c1-25-22-31(20-21-48)41(62-44-39(51)38(47(10)11)40(28(4)58-44)61-37-24-45(7,53)43(52)29(5)57-37)42(54-12)34(59-30(6)49)23-35(50)55-26(2)16-14-13-15-17-33(25)60-36-19-18-32(46(8)9)27(3)56-36/h13-15,17,21,25-29,31-34,36-44,51-53H,16,18-20,22-24H2,1-12H3/t25-,26-,27-,28-,29+,31+,32+,33+,34-,36+,37+,38-,39-,40-,41+,42+,43+,44+,45-/m1/s1. The van der Waals surface area contributed by atoms with E-state index in [4.69, 9.17) is 42.6 Å². The molecule has 4 aliphatic rings. The summed E-state index contributed by atoms with van der Waals surface area (Å²) < 4.78 is 56.3. The van der Waals surface area contributed by atoms with Crippen LogP contribution in [0.4, 0.5) is 0 Å². The van der Waals surface area contributed by atoms with Gasteiger partial charge in [-0.2, -0.15) is 0 Å². The lowest BCUT2D eigenvalue weighted by Gasteiger charge is -2.50. The van der Waals surface area contributed by atoms with Gasteiger partial charge in [0.2, 0.25) is 0 Å². The summed E-state index contributed by atoms with van der Waals surface area (Å²) in [6.07, 6.45) is -1.81. The van der Waals surface area contributed by atoms with E-state index in [1.54, 1.807) is 39.8 Å². The molecule has 0 bridgehead atoms. The van der Waals surface area contributed by atoms with Crippen LogP contribution in [0.15, 0.2) is 24.3 Å². The molecule has 17 nitrogen and oxygen atoms in total. The van der Waals surface area contributed by atoms with Crippen LogP contribution < -0.4 is 0 Å². The minimum Gasteiger partial charge on any atom is -0.462 e. The van der Waals surface area contributed by atoms with Gasteiger partial charge in [-0.25, -0.2) is 0 Å². The van der Waals surface area contributed by atoms with Crippen molar-refractivity contribution >= 4 is 18.2 Å². The minimum absolute atomic E-state index is 0.0293. The van der Waals surface area contributed by atoms with Crippen molar-refractivity contribution in [3.05, 3.63) is 24.3 Å². The largest absolute Gasteiger partial charge is 0.462 e. The molecular weight excluding hydrogens is 808 g/mol. The molecule has 3 fully saturated rings. The van der Waals surface area contributed by atoms with Gasteiger partial charge in [0.05, 0.1) is 48.6 Å². The second-order valence-electron chi connectivity index (χ2n) is 18.4. The molecule has 62 heavy (non-hydrogen) atoms. The van der Waals surface area contributed by atoms with Crippen molar-refractivity contribution in [2.24, 2.45) is 11.8 Å². The molecular formula is C45H76N2O15. The normalized spacial score (nSPS) is 43.0. The molecule has 4 heterocycles. The Kier molecular flexibility index (Phi) is 20.0. The summed E-state index contributed by atoms with van der Waals surface area (Å²) in [7, 11) is 9.02. The monoisotopic (exact) mass is 885 g/mol. The van der Waals surface area contributed by atoms with Crippen LogP contribution in [0.3, 0.4) is 0 Å². The van der Waals surface area contributed by atoms with Gasteiger partial charge in [-0.3, -0.25) is 9.59 Å². The molecule has 4 aliphatic heterocycles. The number of allylic oxidation sites excluding steroid dienone is 2. The number of cyclic esters (lactones) is 1. The van der Waals surface area contributed by atoms with Crippen molar-refractivity contribution in [2.45, 2.75) is 197 Å². The zero-order valence-corrected chi connectivity index (χ0v) is 38.9. The Labute approximate surface area is 368 Å². The second-order valence-corrected chi connectivity index (χ2v) is 18.4. The number of nitrogens with zero attached hydrogens (tertiary/aromatic N) is 2. The molecule has 356 valence electrons. The number of aliphatic hydroxyl groups is 3. The third-order valence-corrected chi connectivity index (χ3v) is 12.7. The molecule has 0 aromatic rings. The highest BCUT2D eigenvalue weighted by atomic mass is 16.7. The lowest BCUT2D eigenvalue weighted by molar-refractivity contribution is -0.344. The van der Waals surface area contributed by atoms with Crippen LogP contribution >= 0.6 is 0 Å². The SMILES string of the molecule is CO[C@@H]1[C@@H](O[C@@H]2O[C@H](C)[C@@H](O[C@H]3C[C@@](C)(O)[C@@H](O)[C@H](C)O3)[C@H](N(C)C)[C@H]2O)[C@@H](CC=O)C[C@@H](C)[C@@H](O[C@H]2CC[C@H](N(C)C)[C@@H](C)O2)C=CC=CC[C@@H](C)OC(=O)C[C@H]1OC(C)=O. The molecule has 19 atom stereocenters. The lowest BCUT2D eigenvalue weighted by Crippen LogP contribution is -2.65. The average Bonchev–Trinajstić information content (AvgIpc) is 3.16. The highest BCUT2D eigenvalue weighted by Gasteiger charge is 2.52. The molecule has 0 spiro atoms. The van der Waals surface area contributed by atoms with E-state index in [0.29, 0.717) is 19.3 Å². The smallest absolute Gasteiger partial charge is 0.309 e. The maximum absolute atomic E-state index is 13.4. The number of hydrogen-bond acceptors (Lipinski definition) is 17. The van der Waals surface area contributed by atoms with Crippen molar-refractivity contribution in [1.82, 2.24) is 9.80 Å². The van der Waals surface area contributed by atoms with Gasteiger partial charge in [0.1, 0.15) is 42.9 Å². The third kappa shape index (κ3) is 14.1. The van der Waals surface area contributed by atoms with Crippen molar-refractivity contribution < 1.29 is 72.3 Å². The number of aliphatic hydroxyl groups excluding tert-OH is 2. The summed E-state index contributed by atoms with van der Waals surface area (Å²) in [6.45, 7) is 12.0. The number of hydrogen-bond donors (Lipinski definition) is 3. The van der Waals surface area contributed by atoms with E-state index in [-0.39, 0.29) is 37.3 Å². The third-order valence-electron chi connectivity index (χ3n) is 12.7. The zero-order valence-electron chi connectivity index (χ0n) is 38.9.